The second kappa shape index (κ2) is 7.94. The highest BCUT2D eigenvalue weighted by Crippen LogP contribution is 2.29. The van der Waals surface area contributed by atoms with Gasteiger partial charge in [0.1, 0.15) is 5.82 Å². The molecule has 1 aliphatic heterocycles. The third kappa shape index (κ3) is 4.54. The predicted octanol–water partition coefficient (Wildman–Crippen LogP) is -0.177. The van der Waals surface area contributed by atoms with Crippen LogP contribution in [0.5, 0.6) is 0 Å². The van der Waals surface area contributed by atoms with E-state index in [2.05, 4.69) is 5.32 Å². The van der Waals surface area contributed by atoms with Gasteiger partial charge in [-0.1, -0.05) is 18.2 Å². The molecular formula is C17H22FN3O6S. The zero-order chi connectivity index (χ0) is 21.3. The Bertz CT molecular complexity index is 904. The van der Waals surface area contributed by atoms with Crippen molar-refractivity contribution in [2.75, 3.05) is 20.4 Å². The van der Waals surface area contributed by atoms with Gasteiger partial charge in [-0.05, 0) is 27.1 Å². The third-order valence-electron chi connectivity index (χ3n) is 4.31. The van der Waals surface area contributed by atoms with Crippen molar-refractivity contribution in [2.45, 2.75) is 31.7 Å². The molecule has 1 aliphatic rings. The SMILES string of the molecule is CN(C)[C@H]1CC(=O)N([C@@](C)(OS(C)(=O)=O)C(=O)NCc2ccccc2F)C1=O. The molecule has 9 nitrogen and oxygen atoms in total. The van der Waals surface area contributed by atoms with Gasteiger partial charge < -0.3 is 5.32 Å². The smallest absolute Gasteiger partial charge is 0.275 e. The molecule has 0 aliphatic carbocycles. The molecule has 0 saturated carbocycles. The first-order chi connectivity index (χ1) is 12.9. The van der Waals surface area contributed by atoms with Crippen molar-refractivity contribution in [2.24, 2.45) is 0 Å². The summed E-state index contributed by atoms with van der Waals surface area (Å²) in [6.07, 6.45) is 0.471. The van der Waals surface area contributed by atoms with E-state index in [9.17, 15) is 27.2 Å². The molecule has 1 aromatic carbocycles. The van der Waals surface area contributed by atoms with Crippen LogP contribution in [0.25, 0.3) is 0 Å². The number of nitrogens with one attached hydrogen (secondary N) is 1. The maximum Gasteiger partial charge on any atom is 0.275 e. The first kappa shape index (κ1) is 21.9. The largest absolute Gasteiger partial charge is 0.348 e. The zero-order valence-corrected chi connectivity index (χ0v) is 16.7. The van der Waals surface area contributed by atoms with E-state index in [1.807, 2.05) is 0 Å². The van der Waals surface area contributed by atoms with Crippen LogP contribution in [0.4, 0.5) is 4.39 Å². The van der Waals surface area contributed by atoms with Crippen LogP contribution in [0.1, 0.15) is 18.9 Å². The second-order valence-corrected chi connectivity index (χ2v) is 8.37. The van der Waals surface area contributed by atoms with Crippen LogP contribution in [0.2, 0.25) is 0 Å². The number of rotatable bonds is 7. The molecule has 1 N–H and O–H groups in total. The molecule has 11 heteroatoms. The number of benzene rings is 1. The average molecular weight is 415 g/mol. The molecule has 0 spiro atoms. The average Bonchev–Trinajstić information content (AvgIpc) is 2.87. The van der Waals surface area contributed by atoms with E-state index < -0.39 is 45.4 Å². The summed E-state index contributed by atoms with van der Waals surface area (Å²) >= 11 is 0. The van der Waals surface area contributed by atoms with Crippen molar-refractivity contribution in [1.82, 2.24) is 15.1 Å². The molecule has 1 heterocycles. The van der Waals surface area contributed by atoms with Crippen molar-refractivity contribution in [1.29, 1.82) is 0 Å². The molecule has 1 aromatic rings. The molecule has 2 rings (SSSR count). The number of amides is 3. The summed E-state index contributed by atoms with van der Waals surface area (Å²) in [5, 5.41) is 2.34. The van der Waals surface area contributed by atoms with Crippen molar-refractivity contribution < 1.29 is 31.4 Å². The Labute approximate surface area is 162 Å². The maximum atomic E-state index is 13.8. The lowest BCUT2D eigenvalue weighted by Crippen LogP contribution is -2.61. The Kier molecular flexibility index (Phi) is 6.21. The Morgan fingerprint density at radius 1 is 1.36 bits per heavy atom. The fourth-order valence-corrected chi connectivity index (χ4v) is 3.66. The van der Waals surface area contributed by atoms with Crippen LogP contribution in [0.15, 0.2) is 24.3 Å². The third-order valence-corrected chi connectivity index (χ3v) is 4.93. The molecular weight excluding hydrogens is 393 g/mol. The summed E-state index contributed by atoms with van der Waals surface area (Å²) in [6.45, 7) is 0.722. The molecule has 28 heavy (non-hydrogen) atoms. The fraction of sp³-hybridized carbons (Fsp3) is 0.471. The summed E-state index contributed by atoms with van der Waals surface area (Å²) in [5.74, 6) is -3.16. The van der Waals surface area contributed by atoms with Gasteiger partial charge in [-0.2, -0.15) is 8.42 Å². The zero-order valence-electron chi connectivity index (χ0n) is 15.9. The number of likely N-dealkylation sites (tertiary alicyclic amines) is 1. The Morgan fingerprint density at radius 2 is 1.96 bits per heavy atom. The highest BCUT2D eigenvalue weighted by atomic mass is 32.2. The number of carbonyl (C=O) groups excluding carboxylic acids is 3. The number of hydrogen-bond acceptors (Lipinski definition) is 7. The number of imide groups is 1. The van der Waals surface area contributed by atoms with E-state index >= 15 is 0 Å². The minimum Gasteiger partial charge on any atom is -0.348 e. The van der Waals surface area contributed by atoms with Gasteiger partial charge in [-0.15, -0.1) is 0 Å². The van der Waals surface area contributed by atoms with Crippen LogP contribution in [-0.4, -0.2) is 68.1 Å². The fourth-order valence-electron chi connectivity index (χ4n) is 2.92. The Hall–Kier alpha value is -2.37. The standard InChI is InChI=1S/C17H22FN3O6S/c1-17(27-28(4,25)26,21-14(22)9-13(15(21)23)20(2)3)16(24)19-10-11-7-5-6-8-12(11)18/h5-8,13H,9-10H2,1-4H3,(H,19,24)/t13-,17-/m0/s1. The summed E-state index contributed by atoms with van der Waals surface area (Å²) in [4.78, 5) is 39.9. The van der Waals surface area contributed by atoms with Gasteiger partial charge in [-0.25, -0.2) is 13.5 Å². The molecule has 2 atom stereocenters. The first-order valence-corrected chi connectivity index (χ1v) is 10.1. The van der Waals surface area contributed by atoms with Crippen LogP contribution in [-0.2, 0) is 35.2 Å². The van der Waals surface area contributed by atoms with E-state index in [0.29, 0.717) is 11.2 Å². The van der Waals surface area contributed by atoms with Crippen LogP contribution < -0.4 is 5.32 Å². The van der Waals surface area contributed by atoms with E-state index in [0.717, 1.165) is 6.92 Å². The molecule has 1 saturated heterocycles. The second-order valence-electron chi connectivity index (χ2n) is 6.80. The molecule has 0 unspecified atom stereocenters. The highest BCUT2D eigenvalue weighted by molar-refractivity contribution is 7.86. The molecule has 0 bridgehead atoms. The first-order valence-electron chi connectivity index (χ1n) is 8.32. The van der Waals surface area contributed by atoms with Gasteiger partial charge in [0.25, 0.3) is 16.0 Å². The number of likely N-dealkylation sites (N-methyl/N-ethyl adjacent to an activating group) is 1. The normalized spacial score (nSPS) is 19.8. The number of carbonyl (C=O) groups is 3. The molecule has 0 aromatic heterocycles. The summed E-state index contributed by atoms with van der Waals surface area (Å²) in [7, 11) is -1.08. The van der Waals surface area contributed by atoms with E-state index in [4.69, 9.17) is 4.18 Å². The maximum absolute atomic E-state index is 13.8. The molecule has 1 fully saturated rings. The highest BCUT2D eigenvalue weighted by Gasteiger charge is 2.55. The van der Waals surface area contributed by atoms with Gasteiger partial charge in [-0.3, -0.25) is 19.3 Å². The monoisotopic (exact) mass is 415 g/mol. The predicted molar refractivity (Wildman–Crippen MR) is 96.5 cm³/mol. The summed E-state index contributed by atoms with van der Waals surface area (Å²) in [5.41, 5.74) is -2.31. The van der Waals surface area contributed by atoms with Crippen molar-refractivity contribution in [3.63, 3.8) is 0 Å². The quantitative estimate of drug-likeness (QED) is 0.486. The molecule has 3 amide bonds. The lowest BCUT2D eigenvalue weighted by molar-refractivity contribution is -0.170. The topological polar surface area (TPSA) is 113 Å². The molecule has 154 valence electrons. The molecule has 0 radical (unpaired) electrons. The summed E-state index contributed by atoms with van der Waals surface area (Å²) in [6, 6.07) is 4.81. The minimum atomic E-state index is -4.23. The van der Waals surface area contributed by atoms with Gasteiger partial charge in [0.15, 0.2) is 0 Å². The van der Waals surface area contributed by atoms with Crippen LogP contribution in [0.3, 0.4) is 0 Å². The lowest BCUT2D eigenvalue weighted by Gasteiger charge is -2.34. The number of nitrogens with zero attached hydrogens (tertiary/aromatic N) is 2. The van der Waals surface area contributed by atoms with Crippen molar-refractivity contribution >= 4 is 27.8 Å². The van der Waals surface area contributed by atoms with Gasteiger partial charge in [0, 0.05) is 12.1 Å². The summed E-state index contributed by atoms with van der Waals surface area (Å²) < 4.78 is 42.1. The Morgan fingerprint density at radius 3 is 2.46 bits per heavy atom. The lowest BCUT2D eigenvalue weighted by atomic mass is 10.1. The van der Waals surface area contributed by atoms with E-state index in [1.165, 1.54) is 23.1 Å². The van der Waals surface area contributed by atoms with Gasteiger partial charge in [0.05, 0.1) is 18.7 Å². The van der Waals surface area contributed by atoms with E-state index in [-0.39, 0.29) is 18.5 Å². The van der Waals surface area contributed by atoms with Crippen LogP contribution in [0, 0.1) is 5.82 Å². The number of halogens is 1. The van der Waals surface area contributed by atoms with Gasteiger partial charge >= 0.3 is 0 Å². The minimum absolute atomic E-state index is 0.141. The Balaban J connectivity index is 2.35. The van der Waals surface area contributed by atoms with Crippen molar-refractivity contribution in [3.05, 3.63) is 35.6 Å². The van der Waals surface area contributed by atoms with Crippen molar-refractivity contribution in [3.8, 4) is 0 Å². The van der Waals surface area contributed by atoms with E-state index in [1.54, 1.807) is 20.2 Å². The van der Waals surface area contributed by atoms with Gasteiger partial charge in [0.2, 0.25) is 17.5 Å². The number of hydrogen-bond donors (Lipinski definition) is 1. The van der Waals surface area contributed by atoms with Crippen LogP contribution >= 0.6 is 0 Å².